The number of hydrogen-bond acceptors (Lipinski definition) is 4. The molecule has 9 heteroatoms. The van der Waals surface area contributed by atoms with Crippen LogP contribution in [0.1, 0.15) is 5.56 Å². The lowest BCUT2D eigenvalue weighted by Gasteiger charge is -2.04. The number of anilines is 1. The molecule has 0 saturated carbocycles. The molecule has 2 aromatic heterocycles. The molecule has 0 amide bonds. The van der Waals surface area contributed by atoms with E-state index in [9.17, 15) is 13.2 Å². The van der Waals surface area contributed by atoms with Gasteiger partial charge in [-0.2, -0.15) is 23.3 Å². The first kappa shape index (κ1) is 11.6. The number of nitrogens with zero attached hydrogens (tertiary/aromatic N) is 4. The Balaban J connectivity index is 2.47. The first-order valence-electron chi connectivity index (χ1n) is 4.28. The van der Waals surface area contributed by atoms with Gasteiger partial charge in [-0.05, 0) is 11.6 Å². The topological polar surface area (TPSA) is 69.6 Å². The van der Waals surface area contributed by atoms with Crippen molar-refractivity contribution < 1.29 is 13.2 Å². The Labute approximate surface area is 98.0 Å². The maximum atomic E-state index is 12.4. The van der Waals surface area contributed by atoms with Crippen LogP contribution in [0.5, 0.6) is 0 Å². The Hall–Kier alpha value is -1.83. The van der Waals surface area contributed by atoms with E-state index in [4.69, 9.17) is 17.3 Å². The standard InChI is InChI=1S/C8H5ClF3N5/c9-7-14-2-5(13)6(16-7)17-3-4(1-15-17)8(10,11)12/h1-3H,13H2. The van der Waals surface area contributed by atoms with Crippen molar-refractivity contribution in [3.05, 3.63) is 29.4 Å². The number of nitrogen functional groups attached to an aromatic ring is 1. The second kappa shape index (κ2) is 3.88. The molecule has 2 N–H and O–H groups in total. The van der Waals surface area contributed by atoms with E-state index in [0.717, 1.165) is 10.9 Å². The largest absolute Gasteiger partial charge is 0.419 e. The fourth-order valence-corrected chi connectivity index (χ4v) is 1.26. The molecule has 0 bridgehead atoms. The van der Waals surface area contributed by atoms with E-state index in [1.54, 1.807) is 0 Å². The number of hydrogen-bond donors (Lipinski definition) is 1. The van der Waals surface area contributed by atoms with Crippen LogP contribution in [0.3, 0.4) is 0 Å². The van der Waals surface area contributed by atoms with Gasteiger partial charge in [0.1, 0.15) is 0 Å². The monoisotopic (exact) mass is 263 g/mol. The van der Waals surface area contributed by atoms with Crippen LogP contribution < -0.4 is 5.73 Å². The van der Waals surface area contributed by atoms with Crippen LogP contribution in [0.15, 0.2) is 18.6 Å². The molecular weight excluding hydrogens is 259 g/mol. The van der Waals surface area contributed by atoms with Crippen LogP contribution in [-0.2, 0) is 6.18 Å². The summed E-state index contributed by atoms with van der Waals surface area (Å²) < 4.78 is 38.0. The van der Waals surface area contributed by atoms with Crippen LogP contribution in [0.4, 0.5) is 18.9 Å². The summed E-state index contributed by atoms with van der Waals surface area (Å²) in [6, 6.07) is 0. The highest BCUT2D eigenvalue weighted by Gasteiger charge is 2.32. The molecule has 0 aliphatic heterocycles. The zero-order valence-electron chi connectivity index (χ0n) is 8.11. The van der Waals surface area contributed by atoms with E-state index >= 15 is 0 Å². The Morgan fingerprint density at radius 2 is 2.00 bits per heavy atom. The highest BCUT2D eigenvalue weighted by Crippen LogP contribution is 2.29. The Bertz CT molecular complexity index is 550. The van der Waals surface area contributed by atoms with Crippen LogP contribution >= 0.6 is 11.6 Å². The molecule has 2 rings (SSSR count). The van der Waals surface area contributed by atoms with Crippen molar-refractivity contribution >= 4 is 17.3 Å². The predicted octanol–water partition coefficient (Wildman–Crippen LogP) is 1.92. The summed E-state index contributed by atoms with van der Waals surface area (Å²) in [7, 11) is 0. The molecule has 0 spiro atoms. The Kier molecular flexibility index (Phi) is 2.66. The van der Waals surface area contributed by atoms with Crippen molar-refractivity contribution in [3.63, 3.8) is 0 Å². The average Bonchev–Trinajstić information content (AvgIpc) is 2.70. The van der Waals surface area contributed by atoms with Crippen molar-refractivity contribution in [2.45, 2.75) is 6.18 Å². The van der Waals surface area contributed by atoms with Gasteiger partial charge < -0.3 is 5.73 Å². The van der Waals surface area contributed by atoms with Crippen LogP contribution in [0, 0.1) is 0 Å². The summed E-state index contributed by atoms with van der Waals surface area (Å²) in [6.07, 6.45) is -1.83. The normalized spacial score (nSPS) is 11.8. The second-order valence-electron chi connectivity index (χ2n) is 3.09. The molecule has 0 radical (unpaired) electrons. The third-order valence-corrected chi connectivity index (χ3v) is 2.08. The maximum absolute atomic E-state index is 12.4. The first-order valence-corrected chi connectivity index (χ1v) is 4.66. The van der Waals surface area contributed by atoms with Crippen LogP contribution in [0.25, 0.3) is 5.82 Å². The molecule has 2 aromatic rings. The lowest BCUT2D eigenvalue weighted by Crippen LogP contribution is -2.05. The van der Waals surface area contributed by atoms with Crippen molar-refractivity contribution in [3.8, 4) is 5.82 Å². The lowest BCUT2D eigenvalue weighted by atomic mass is 10.3. The van der Waals surface area contributed by atoms with E-state index in [1.807, 2.05) is 0 Å². The minimum Gasteiger partial charge on any atom is -0.394 e. The van der Waals surface area contributed by atoms with Gasteiger partial charge in [-0.25, -0.2) is 9.67 Å². The van der Waals surface area contributed by atoms with E-state index in [0.29, 0.717) is 6.20 Å². The number of rotatable bonds is 1. The average molecular weight is 264 g/mol. The summed E-state index contributed by atoms with van der Waals surface area (Å²) in [6.45, 7) is 0. The molecule has 0 saturated heterocycles. The highest BCUT2D eigenvalue weighted by molar-refractivity contribution is 6.28. The van der Waals surface area contributed by atoms with Crippen LogP contribution in [0.2, 0.25) is 5.28 Å². The lowest BCUT2D eigenvalue weighted by molar-refractivity contribution is -0.137. The second-order valence-corrected chi connectivity index (χ2v) is 3.43. The Morgan fingerprint density at radius 1 is 1.29 bits per heavy atom. The predicted molar refractivity (Wildman–Crippen MR) is 53.6 cm³/mol. The molecule has 0 aliphatic rings. The fourth-order valence-electron chi connectivity index (χ4n) is 1.13. The summed E-state index contributed by atoms with van der Waals surface area (Å²) in [5, 5.41) is 3.40. The summed E-state index contributed by atoms with van der Waals surface area (Å²) in [4.78, 5) is 7.29. The van der Waals surface area contributed by atoms with Gasteiger partial charge in [0.2, 0.25) is 5.28 Å². The number of alkyl halides is 3. The van der Waals surface area contributed by atoms with Crippen molar-refractivity contribution in [2.24, 2.45) is 0 Å². The van der Waals surface area contributed by atoms with Gasteiger partial charge in [-0.1, -0.05) is 0 Å². The van der Waals surface area contributed by atoms with E-state index in [-0.39, 0.29) is 16.8 Å². The number of aromatic nitrogens is 4. The van der Waals surface area contributed by atoms with Crippen molar-refractivity contribution in [1.82, 2.24) is 19.7 Å². The van der Waals surface area contributed by atoms with Gasteiger partial charge in [0.25, 0.3) is 0 Å². The molecule has 17 heavy (non-hydrogen) atoms. The van der Waals surface area contributed by atoms with Crippen LogP contribution in [-0.4, -0.2) is 19.7 Å². The maximum Gasteiger partial charge on any atom is 0.419 e. The SMILES string of the molecule is Nc1cnc(Cl)nc1-n1cc(C(F)(F)F)cn1. The molecule has 0 fully saturated rings. The molecule has 5 nitrogen and oxygen atoms in total. The van der Waals surface area contributed by atoms with Gasteiger partial charge in [-0.3, -0.25) is 0 Å². The molecule has 0 unspecified atom stereocenters. The molecule has 0 atom stereocenters. The van der Waals surface area contributed by atoms with E-state index < -0.39 is 11.7 Å². The number of halogens is 4. The van der Waals surface area contributed by atoms with E-state index in [1.165, 1.54) is 6.20 Å². The minimum absolute atomic E-state index is 0.000463. The third kappa shape index (κ3) is 2.31. The zero-order valence-corrected chi connectivity index (χ0v) is 8.87. The number of nitrogens with two attached hydrogens (primary N) is 1. The highest BCUT2D eigenvalue weighted by atomic mass is 35.5. The fraction of sp³-hybridized carbons (Fsp3) is 0.125. The molecule has 0 aliphatic carbocycles. The van der Waals surface area contributed by atoms with E-state index in [2.05, 4.69) is 15.1 Å². The smallest absolute Gasteiger partial charge is 0.394 e. The van der Waals surface area contributed by atoms with Gasteiger partial charge >= 0.3 is 6.18 Å². The molecule has 0 aromatic carbocycles. The zero-order chi connectivity index (χ0) is 12.6. The van der Waals surface area contributed by atoms with Crippen molar-refractivity contribution in [2.75, 3.05) is 5.73 Å². The Morgan fingerprint density at radius 3 is 2.59 bits per heavy atom. The summed E-state index contributed by atoms with van der Waals surface area (Å²) >= 11 is 5.52. The summed E-state index contributed by atoms with van der Waals surface area (Å²) in [5.74, 6) is 0.000463. The first-order chi connectivity index (χ1) is 7.88. The summed E-state index contributed by atoms with van der Waals surface area (Å²) in [5.41, 5.74) is 4.69. The van der Waals surface area contributed by atoms with Gasteiger partial charge in [0.15, 0.2) is 5.82 Å². The van der Waals surface area contributed by atoms with Gasteiger partial charge in [0.05, 0.1) is 23.6 Å². The molecule has 2 heterocycles. The van der Waals surface area contributed by atoms with Gasteiger partial charge in [0, 0.05) is 6.20 Å². The third-order valence-electron chi connectivity index (χ3n) is 1.89. The quantitative estimate of drug-likeness (QED) is 0.798. The molecule has 90 valence electrons. The minimum atomic E-state index is -4.47. The molecular formula is C8H5ClF3N5. The van der Waals surface area contributed by atoms with Gasteiger partial charge in [-0.15, -0.1) is 0 Å². The van der Waals surface area contributed by atoms with Crippen molar-refractivity contribution in [1.29, 1.82) is 0 Å².